The van der Waals surface area contributed by atoms with Gasteiger partial charge in [-0.05, 0) is 68.7 Å². The van der Waals surface area contributed by atoms with Gasteiger partial charge >= 0.3 is 0 Å². The second kappa shape index (κ2) is 13.1. The number of benzene rings is 3. The number of halogens is 1. The van der Waals surface area contributed by atoms with Gasteiger partial charge in [-0.25, -0.2) is 8.42 Å². The van der Waals surface area contributed by atoms with Gasteiger partial charge in [0.2, 0.25) is 11.8 Å². The first-order valence-corrected chi connectivity index (χ1v) is 14.8. The van der Waals surface area contributed by atoms with Crippen LogP contribution in [0.1, 0.15) is 37.5 Å². The molecule has 0 aromatic heterocycles. The number of sulfonamides is 1. The van der Waals surface area contributed by atoms with E-state index in [0.717, 1.165) is 25.5 Å². The van der Waals surface area contributed by atoms with E-state index in [1.54, 1.807) is 43.3 Å². The van der Waals surface area contributed by atoms with Crippen LogP contribution < -0.4 is 9.62 Å². The summed E-state index contributed by atoms with van der Waals surface area (Å²) in [4.78, 5) is 28.3. The molecule has 0 bridgehead atoms. The Kier molecular flexibility index (Phi) is 10.1. The van der Waals surface area contributed by atoms with Gasteiger partial charge in [-0.15, -0.1) is 0 Å². The fraction of sp³-hybridized carbons (Fsp3) is 0.310. The summed E-state index contributed by atoms with van der Waals surface area (Å²) in [7, 11) is -4.09. The molecule has 0 unspecified atom stereocenters. The van der Waals surface area contributed by atoms with Gasteiger partial charge in [0.05, 0.1) is 10.6 Å². The fourth-order valence-electron chi connectivity index (χ4n) is 4.14. The van der Waals surface area contributed by atoms with E-state index in [0.29, 0.717) is 18.7 Å². The van der Waals surface area contributed by atoms with E-state index in [-0.39, 0.29) is 17.3 Å². The molecule has 0 spiro atoms. The Balaban J connectivity index is 2.07. The first-order chi connectivity index (χ1) is 18.1. The molecule has 0 aliphatic rings. The molecule has 38 heavy (non-hydrogen) atoms. The molecule has 0 aliphatic carbocycles. The topological polar surface area (TPSA) is 86.8 Å². The average molecular weight is 601 g/mol. The maximum Gasteiger partial charge on any atom is 0.264 e. The van der Waals surface area contributed by atoms with Crippen LogP contribution >= 0.6 is 15.9 Å². The molecule has 1 atom stereocenters. The van der Waals surface area contributed by atoms with Crippen molar-refractivity contribution < 1.29 is 18.0 Å². The standard InChI is InChI=1S/C29H34BrN3O4S/c1-5-24-11-7-8-13-27(24)33(38(36,37)26-16-14-21(3)15-17-26)20-28(34)32(22(4)29(35)31-6-2)19-23-10-9-12-25(30)18-23/h7-18,22H,5-6,19-20H2,1-4H3,(H,31,35)/t22-/m1/s1. The number of para-hydroxylation sites is 1. The molecule has 202 valence electrons. The molecule has 0 aliphatic heterocycles. The predicted octanol–water partition coefficient (Wildman–Crippen LogP) is 5.07. The van der Waals surface area contributed by atoms with Crippen LogP contribution in [0.5, 0.6) is 0 Å². The number of hydrogen-bond acceptors (Lipinski definition) is 4. The van der Waals surface area contributed by atoms with Crippen LogP contribution in [0.15, 0.2) is 82.2 Å². The number of likely N-dealkylation sites (N-methyl/N-ethyl adjacent to an activating group) is 1. The molecular weight excluding hydrogens is 566 g/mol. The van der Waals surface area contributed by atoms with E-state index in [9.17, 15) is 18.0 Å². The van der Waals surface area contributed by atoms with Crippen molar-refractivity contribution in [2.24, 2.45) is 0 Å². The number of aryl methyl sites for hydroxylation is 2. The zero-order valence-corrected chi connectivity index (χ0v) is 24.6. The zero-order valence-electron chi connectivity index (χ0n) is 22.1. The van der Waals surface area contributed by atoms with E-state index in [1.165, 1.54) is 4.90 Å². The van der Waals surface area contributed by atoms with Crippen LogP contribution in [0.3, 0.4) is 0 Å². The highest BCUT2D eigenvalue weighted by atomic mass is 79.9. The summed E-state index contributed by atoms with van der Waals surface area (Å²) in [6.45, 7) is 7.39. The van der Waals surface area contributed by atoms with Gasteiger partial charge in [0, 0.05) is 17.6 Å². The molecule has 0 fully saturated rings. The zero-order chi connectivity index (χ0) is 27.9. The SMILES string of the molecule is CCNC(=O)[C@@H](C)N(Cc1cccc(Br)c1)C(=O)CN(c1ccccc1CC)S(=O)(=O)c1ccc(C)cc1. The molecule has 1 N–H and O–H groups in total. The summed E-state index contributed by atoms with van der Waals surface area (Å²) in [6.07, 6.45) is 0.585. The maximum absolute atomic E-state index is 13.9. The van der Waals surface area contributed by atoms with Gasteiger partial charge in [-0.2, -0.15) is 0 Å². The molecule has 3 aromatic rings. The molecule has 3 rings (SSSR count). The number of anilines is 1. The van der Waals surface area contributed by atoms with E-state index in [1.807, 2.05) is 57.2 Å². The lowest BCUT2D eigenvalue weighted by Gasteiger charge is -2.32. The van der Waals surface area contributed by atoms with Gasteiger partial charge in [-0.1, -0.05) is 70.9 Å². The van der Waals surface area contributed by atoms with Crippen molar-refractivity contribution in [2.75, 3.05) is 17.4 Å². The molecule has 0 heterocycles. The first-order valence-electron chi connectivity index (χ1n) is 12.6. The van der Waals surface area contributed by atoms with Gasteiger partial charge < -0.3 is 10.2 Å². The monoisotopic (exact) mass is 599 g/mol. The Bertz CT molecular complexity index is 1380. The van der Waals surface area contributed by atoms with Crippen LogP contribution in [0, 0.1) is 6.92 Å². The quantitative estimate of drug-likeness (QED) is 0.333. The van der Waals surface area contributed by atoms with Gasteiger partial charge in [0.1, 0.15) is 12.6 Å². The summed E-state index contributed by atoms with van der Waals surface area (Å²) >= 11 is 3.45. The van der Waals surface area contributed by atoms with E-state index >= 15 is 0 Å². The third kappa shape index (κ3) is 7.02. The normalized spacial score (nSPS) is 12.0. The minimum absolute atomic E-state index is 0.0946. The van der Waals surface area contributed by atoms with E-state index < -0.39 is 28.5 Å². The average Bonchev–Trinajstić information content (AvgIpc) is 2.90. The molecule has 0 radical (unpaired) electrons. The highest BCUT2D eigenvalue weighted by molar-refractivity contribution is 9.10. The highest BCUT2D eigenvalue weighted by Gasteiger charge is 2.33. The second-order valence-corrected chi connectivity index (χ2v) is 11.8. The number of carbonyl (C=O) groups is 2. The van der Waals surface area contributed by atoms with Crippen molar-refractivity contribution >= 4 is 43.5 Å². The largest absolute Gasteiger partial charge is 0.355 e. The van der Waals surface area contributed by atoms with Crippen LogP contribution in [0.25, 0.3) is 0 Å². The number of rotatable bonds is 11. The number of amides is 2. The summed E-state index contributed by atoms with van der Waals surface area (Å²) in [6, 6.07) is 20.4. The Morgan fingerprint density at radius 1 is 0.974 bits per heavy atom. The fourth-order valence-corrected chi connectivity index (χ4v) is 6.04. The van der Waals surface area contributed by atoms with Crippen LogP contribution in [0.2, 0.25) is 0 Å². The van der Waals surface area contributed by atoms with Gasteiger partial charge in [0.25, 0.3) is 10.0 Å². The molecule has 3 aromatic carbocycles. The minimum atomic E-state index is -4.09. The van der Waals surface area contributed by atoms with Crippen LogP contribution in [-0.4, -0.2) is 44.3 Å². The molecule has 7 nitrogen and oxygen atoms in total. The first kappa shape index (κ1) is 29.4. The molecule has 0 saturated carbocycles. The molecule has 0 saturated heterocycles. The summed E-state index contributed by atoms with van der Waals surface area (Å²) < 4.78 is 29.9. The third-order valence-corrected chi connectivity index (χ3v) is 8.56. The van der Waals surface area contributed by atoms with Crippen molar-refractivity contribution in [3.05, 3.63) is 94.0 Å². The lowest BCUT2D eigenvalue weighted by Crippen LogP contribution is -2.51. The highest BCUT2D eigenvalue weighted by Crippen LogP contribution is 2.28. The van der Waals surface area contributed by atoms with E-state index in [2.05, 4.69) is 21.2 Å². The maximum atomic E-state index is 13.9. The summed E-state index contributed by atoms with van der Waals surface area (Å²) in [5.74, 6) is -0.789. The van der Waals surface area contributed by atoms with Crippen LogP contribution in [0.4, 0.5) is 5.69 Å². The Morgan fingerprint density at radius 2 is 1.66 bits per heavy atom. The molecule has 2 amide bonds. The Hall–Kier alpha value is -3.17. The molecular formula is C29H34BrN3O4S. The predicted molar refractivity (Wildman–Crippen MR) is 154 cm³/mol. The lowest BCUT2D eigenvalue weighted by atomic mass is 10.1. The Morgan fingerprint density at radius 3 is 2.29 bits per heavy atom. The number of nitrogens with one attached hydrogen (secondary N) is 1. The van der Waals surface area contributed by atoms with Crippen molar-refractivity contribution in [2.45, 2.75) is 51.6 Å². The number of nitrogens with zero attached hydrogens (tertiary/aromatic N) is 2. The van der Waals surface area contributed by atoms with Gasteiger partial charge in [-0.3, -0.25) is 13.9 Å². The number of carbonyl (C=O) groups excluding carboxylic acids is 2. The number of hydrogen-bond donors (Lipinski definition) is 1. The minimum Gasteiger partial charge on any atom is -0.355 e. The van der Waals surface area contributed by atoms with Crippen LogP contribution in [-0.2, 0) is 32.6 Å². The van der Waals surface area contributed by atoms with Crippen molar-refractivity contribution in [3.8, 4) is 0 Å². The lowest BCUT2D eigenvalue weighted by molar-refractivity contribution is -0.139. The molecule has 9 heteroatoms. The van der Waals surface area contributed by atoms with Crippen molar-refractivity contribution in [1.29, 1.82) is 0 Å². The summed E-state index contributed by atoms with van der Waals surface area (Å²) in [5.41, 5.74) is 2.98. The third-order valence-electron chi connectivity index (χ3n) is 6.29. The van der Waals surface area contributed by atoms with Gasteiger partial charge in [0.15, 0.2) is 0 Å². The van der Waals surface area contributed by atoms with Crippen molar-refractivity contribution in [3.63, 3.8) is 0 Å². The van der Waals surface area contributed by atoms with Crippen molar-refractivity contribution in [1.82, 2.24) is 10.2 Å². The van der Waals surface area contributed by atoms with E-state index in [4.69, 9.17) is 0 Å². The Labute approximate surface area is 234 Å². The smallest absolute Gasteiger partial charge is 0.264 e. The summed E-state index contributed by atoms with van der Waals surface area (Å²) in [5, 5.41) is 2.77. The second-order valence-electron chi connectivity index (χ2n) is 9.03.